The van der Waals surface area contributed by atoms with Crippen LogP contribution in [0.25, 0.3) is 0 Å². The summed E-state index contributed by atoms with van der Waals surface area (Å²) in [6.45, 7) is 0. The highest BCUT2D eigenvalue weighted by Gasteiger charge is 2.37. The molecule has 2 aromatic carbocycles. The lowest BCUT2D eigenvalue weighted by Gasteiger charge is -2.13. The number of hydrogen-bond donors (Lipinski definition) is 1. The molecule has 24 heavy (non-hydrogen) atoms. The highest BCUT2D eigenvalue weighted by molar-refractivity contribution is 6.32. The third-order valence-electron chi connectivity index (χ3n) is 3.55. The molecular weight excluding hydrogens is 341 g/mol. The molecule has 1 heterocycles. The fourth-order valence-electron chi connectivity index (χ4n) is 2.51. The molecule has 2 aromatic rings. The lowest BCUT2D eigenvalue weighted by Crippen LogP contribution is -2.30. The predicted octanol–water partition coefficient (Wildman–Crippen LogP) is 4.45. The first-order valence-corrected chi connectivity index (χ1v) is 7.52. The van der Waals surface area contributed by atoms with Gasteiger partial charge in [0.05, 0.1) is 17.8 Å². The van der Waals surface area contributed by atoms with E-state index in [2.05, 4.69) is 10.3 Å². The maximum atomic E-state index is 12.8. The summed E-state index contributed by atoms with van der Waals surface area (Å²) in [6, 6.07) is 11.9. The van der Waals surface area contributed by atoms with Crippen LogP contribution in [0.5, 0.6) is 0 Å². The van der Waals surface area contributed by atoms with Gasteiger partial charge in [0, 0.05) is 16.1 Å². The van der Waals surface area contributed by atoms with Crippen molar-refractivity contribution in [2.24, 2.45) is 4.99 Å². The number of fused-ring (bicyclic) bond motifs is 1. The van der Waals surface area contributed by atoms with Crippen molar-refractivity contribution < 1.29 is 18.0 Å². The highest BCUT2D eigenvalue weighted by atomic mass is 35.5. The van der Waals surface area contributed by atoms with Gasteiger partial charge in [0.2, 0.25) is 5.91 Å². The number of carbonyl (C=O) groups excluding carboxylic acids is 1. The molecule has 1 aliphatic heterocycles. The Labute approximate surface area is 141 Å². The van der Waals surface area contributed by atoms with Crippen LogP contribution in [0.2, 0.25) is 5.02 Å². The number of amides is 1. The van der Waals surface area contributed by atoms with E-state index in [0.29, 0.717) is 27.5 Å². The van der Waals surface area contributed by atoms with Gasteiger partial charge in [-0.15, -0.1) is 0 Å². The Morgan fingerprint density at radius 2 is 1.83 bits per heavy atom. The number of carbonyl (C=O) groups is 1. The van der Waals surface area contributed by atoms with Crippen LogP contribution in [0.1, 0.15) is 17.5 Å². The monoisotopic (exact) mass is 352 g/mol. The van der Waals surface area contributed by atoms with Gasteiger partial charge in [0.1, 0.15) is 6.04 Å². The summed E-state index contributed by atoms with van der Waals surface area (Å²) in [7, 11) is 0. The second-order valence-electron chi connectivity index (χ2n) is 5.36. The molecule has 0 bridgehead atoms. The molecule has 0 radical (unpaired) electrons. The molecule has 124 valence electrons. The molecule has 0 aromatic heterocycles. The van der Waals surface area contributed by atoms with Gasteiger partial charge in [-0.1, -0.05) is 41.9 Å². The van der Waals surface area contributed by atoms with E-state index in [9.17, 15) is 18.0 Å². The first-order chi connectivity index (χ1) is 11.3. The van der Waals surface area contributed by atoms with Crippen LogP contribution in [0.4, 0.5) is 18.9 Å². The number of anilines is 1. The van der Waals surface area contributed by atoms with E-state index in [1.165, 1.54) is 0 Å². The third-order valence-corrected chi connectivity index (χ3v) is 3.79. The quantitative estimate of drug-likeness (QED) is 0.852. The van der Waals surface area contributed by atoms with E-state index in [-0.39, 0.29) is 0 Å². The van der Waals surface area contributed by atoms with Crippen LogP contribution in [-0.4, -0.2) is 23.8 Å². The summed E-state index contributed by atoms with van der Waals surface area (Å²) in [6.07, 6.45) is -5.82. The fourth-order valence-corrected chi connectivity index (χ4v) is 2.68. The summed E-state index contributed by atoms with van der Waals surface area (Å²) < 4.78 is 38.4. The third kappa shape index (κ3) is 3.59. The van der Waals surface area contributed by atoms with E-state index in [4.69, 9.17) is 11.6 Å². The molecule has 0 unspecified atom stereocenters. The number of rotatable bonds is 2. The normalized spacial score (nSPS) is 17.6. The summed E-state index contributed by atoms with van der Waals surface area (Å²) in [5.74, 6) is -0.790. The van der Waals surface area contributed by atoms with Crippen molar-refractivity contribution >= 4 is 28.9 Å². The van der Waals surface area contributed by atoms with E-state index < -0.39 is 24.5 Å². The zero-order chi connectivity index (χ0) is 17.3. The van der Waals surface area contributed by atoms with Gasteiger partial charge in [0.15, 0.2) is 0 Å². The number of hydrogen-bond acceptors (Lipinski definition) is 2. The lowest BCUT2D eigenvalue weighted by atomic mass is 10.0. The highest BCUT2D eigenvalue weighted by Crippen LogP contribution is 2.30. The summed E-state index contributed by atoms with van der Waals surface area (Å²) >= 11 is 6.01. The molecule has 3 nitrogen and oxygen atoms in total. The second kappa shape index (κ2) is 6.28. The topological polar surface area (TPSA) is 41.5 Å². The van der Waals surface area contributed by atoms with Crippen LogP contribution < -0.4 is 5.32 Å². The maximum absolute atomic E-state index is 12.8. The molecule has 3 rings (SSSR count). The molecule has 1 aliphatic rings. The number of alkyl halides is 3. The molecule has 0 spiro atoms. The van der Waals surface area contributed by atoms with Gasteiger partial charge in [-0.25, -0.2) is 0 Å². The number of nitrogens with one attached hydrogen (secondary N) is 1. The van der Waals surface area contributed by atoms with Crippen molar-refractivity contribution in [2.45, 2.75) is 18.6 Å². The second-order valence-corrected chi connectivity index (χ2v) is 5.79. The Kier molecular flexibility index (Phi) is 4.32. The molecule has 0 saturated heterocycles. The minimum Gasteiger partial charge on any atom is -0.324 e. The van der Waals surface area contributed by atoms with Gasteiger partial charge in [-0.3, -0.25) is 9.79 Å². The molecule has 0 saturated carbocycles. The van der Waals surface area contributed by atoms with Crippen molar-refractivity contribution in [3.05, 3.63) is 64.7 Å². The minimum absolute atomic E-state index is 0.306. The lowest BCUT2D eigenvalue weighted by molar-refractivity contribution is -0.145. The van der Waals surface area contributed by atoms with Gasteiger partial charge in [0.25, 0.3) is 0 Å². The van der Waals surface area contributed by atoms with Gasteiger partial charge >= 0.3 is 6.18 Å². The Balaban J connectivity index is 2.16. The molecular formula is C17H12ClF3N2O. The molecule has 1 N–H and O–H groups in total. The van der Waals surface area contributed by atoms with Crippen LogP contribution in [-0.2, 0) is 4.79 Å². The van der Waals surface area contributed by atoms with Gasteiger partial charge in [-0.2, -0.15) is 13.2 Å². The van der Waals surface area contributed by atoms with Crippen molar-refractivity contribution in [2.75, 3.05) is 5.32 Å². The van der Waals surface area contributed by atoms with Crippen molar-refractivity contribution in [3.63, 3.8) is 0 Å². The number of halogens is 4. The van der Waals surface area contributed by atoms with E-state index in [0.717, 1.165) is 0 Å². The Bertz CT molecular complexity index is 803. The summed E-state index contributed by atoms with van der Waals surface area (Å²) in [4.78, 5) is 16.3. The number of benzodiazepines with no additional fused rings is 1. The average Bonchev–Trinajstić information content (AvgIpc) is 2.64. The first kappa shape index (κ1) is 16.5. The standard InChI is InChI=1S/C17H12ClF3N2O/c18-11-6-7-13-12(8-11)15(10-4-2-1-3-5-10)22-14(16(24)23-13)9-17(19,20)21/h1-8,14H,9H2,(H,23,24)/t14-/m0/s1. The van der Waals surface area contributed by atoms with Crippen molar-refractivity contribution in [1.82, 2.24) is 0 Å². The van der Waals surface area contributed by atoms with E-state index in [1.54, 1.807) is 48.5 Å². The molecule has 1 atom stereocenters. The van der Waals surface area contributed by atoms with Crippen LogP contribution in [0.15, 0.2) is 53.5 Å². The average molecular weight is 353 g/mol. The largest absolute Gasteiger partial charge is 0.391 e. The van der Waals surface area contributed by atoms with Crippen LogP contribution >= 0.6 is 11.6 Å². The van der Waals surface area contributed by atoms with Gasteiger partial charge < -0.3 is 5.32 Å². The zero-order valence-electron chi connectivity index (χ0n) is 12.3. The van der Waals surface area contributed by atoms with Crippen molar-refractivity contribution in [1.29, 1.82) is 0 Å². The zero-order valence-corrected chi connectivity index (χ0v) is 13.0. The molecule has 1 amide bonds. The first-order valence-electron chi connectivity index (χ1n) is 7.14. The Hall–Kier alpha value is -2.34. The van der Waals surface area contributed by atoms with E-state index >= 15 is 0 Å². The summed E-state index contributed by atoms with van der Waals surface area (Å²) in [5.41, 5.74) is 1.80. The van der Waals surface area contributed by atoms with Crippen LogP contribution in [0.3, 0.4) is 0 Å². The number of nitrogens with zero attached hydrogens (tertiary/aromatic N) is 1. The predicted molar refractivity (Wildman–Crippen MR) is 86.6 cm³/mol. The summed E-state index contributed by atoms with van der Waals surface area (Å²) in [5, 5.41) is 2.91. The van der Waals surface area contributed by atoms with E-state index in [1.807, 2.05) is 0 Å². The Morgan fingerprint density at radius 3 is 2.50 bits per heavy atom. The van der Waals surface area contributed by atoms with Crippen LogP contribution in [0, 0.1) is 0 Å². The SMILES string of the molecule is O=C1Nc2ccc(Cl)cc2C(c2ccccc2)=N[C@H]1CC(F)(F)F. The molecule has 0 fully saturated rings. The maximum Gasteiger partial charge on any atom is 0.391 e. The molecule has 7 heteroatoms. The van der Waals surface area contributed by atoms with Crippen molar-refractivity contribution in [3.8, 4) is 0 Å². The number of aliphatic imine (C=N–C) groups is 1. The van der Waals surface area contributed by atoms with Gasteiger partial charge in [-0.05, 0) is 18.2 Å². The molecule has 0 aliphatic carbocycles. The Morgan fingerprint density at radius 1 is 1.12 bits per heavy atom. The smallest absolute Gasteiger partial charge is 0.324 e. The fraction of sp³-hybridized carbons (Fsp3) is 0.176. The minimum atomic E-state index is -4.50. The number of benzene rings is 2.